The molecule has 1 atom stereocenters. The number of fused-ring (bicyclic) bond motifs is 1. The number of aromatic nitrogens is 3. The molecule has 0 bridgehead atoms. The molecule has 180 valence electrons. The molecule has 0 aliphatic rings. The van der Waals surface area contributed by atoms with Crippen molar-refractivity contribution >= 4 is 28.3 Å². The summed E-state index contributed by atoms with van der Waals surface area (Å²) in [5.74, 6) is -0.799. The van der Waals surface area contributed by atoms with Crippen molar-refractivity contribution in [3.8, 4) is 0 Å². The first-order valence-corrected chi connectivity index (χ1v) is 10.7. The van der Waals surface area contributed by atoms with Gasteiger partial charge in [0.1, 0.15) is 0 Å². The van der Waals surface area contributed by atoms with Gasteiger partial charge in [0.05, 0.1) is 42.0 Å². The molecular weight excluding hydrogens is 461 g/mol. The fraction of sp³-hybridized carbons (Fsp3) is 0.200. The van der Waals surface area contributed by atoms with Crippen molar-refractivity contribution in [2.75, 3.05) is 11.9 Å². The average Bonchev–Trinajstić information content (AvgIpc) is 3.22. The Morgan fingerprint density at radius 3 is 2.51 bits per heavy atom. The molecule has 3 heterocycles. The van der Waals surface area contributed by atoms with Crippen LogP contribution in [0.2, 0.25) is 0 Å². The number of aliphatic hydroxyl groups is 1. The van der Waals surface area contributed by atoms with Crippen LogP contribution >= 0.6 is 0 Å². The molecule has 0 saturated heterocycles. The Morgan fingerprint density at radius 2 is 1.83 bits per heavy atom. The Morgan fingerprint density at radius 1 is 1.09 bits per heavy atom. The Balaban J connectivity index is 1.52. The van der Waals surface area contributed by atoms with Crippen LogP contribution in [0.15, 0.2) is 67.4 Å². The highest BCUT2D eigenvalue weighted by Gasteiger charge is 2.30. The van der Waals surface area contributed by atoms with E-state index in [1.165, 1.54) is 30.6 Å². The molecule has 10 heteroatoms. The number of carbonyl (C=O) groups is 2. The molecule has 1 amide bonds. The van der Waals surface area contributed by atoms with Gasteiger partial charge in [-0.3, -0.25) is 19.6 Å². The second-order valence-electron chi connectivity index (χ2n) is 8.09. The monoisotopic (exact) mass is 482 g/mol. The minimum absolute atomic E-state index is 0.109. The maximum absolute atomic E-state index is 13.3. The zero-order chi connectivity index (χ0) is 25.2. The number of nitrogens with one attached hydrogen (secondary N) is 1. The van der Waals surface area contributed by atoms with Crippen LogP contribution in [0.25, 0.3) is 10.9 Å². The van der Waals surface area contributed by atoms with Gasteiger partial charge >= 0.3 is 6.18 Å². The fourth-order valence-corrected chi connectivity index (χ4v) is 3.72. The summed E-state index contributed by atoms with van der Waals surface area (Å²) in [6.45, 7) is 1.71. The van der Waals surface area contributed by atoms with Gasteiger partial charge in [-0.05, 0) is 36.8 Å². The standard InChI is InChI=1S/C25H21F3N4O3/c1-15(14-33)32-13-21(20-12-29-7-6-22(20)32)24(35)17-9-19(11-30-10-17)31-23(34)8-16-2-4-18(5-3-16)25(26,27)28/h2-7,9-13,15,33H,8,14H2,1H3,(H,31,34). The summed E-state index contributed by atoms with van der Waals surface area (Å²) >= 11 is 0. The minimum Gasteiger partial charge on any atom is -0.394 e. The molecule has 1 unspecified atom stereocenters. The second kappa shape index (κ2) is 9.67. The van der Waals surface area contributed by atoms with Crippen molar-refractivity contribution in [2.24, 2.45) is 0 Å². The van der Waals surface area contributed by atoms with Crippen LogP contribution in [0.3, 0.4) is 0 Å². The van der Waals surface area contributed by atoms with Crippen LogP contribution < -0.4 is 5.32 Å². The van der Waals surface area contributed by atoms with Crippen molar-refractivity contribution in [1.82, 2.24) is 14.5 Å². The highest BCUT2D eigenvalue weighted by molar-refractivity contribution is 6.16. The predicted molar refractivity (Wildman–Crippen MR) is 123 cm³/mol. The van der Waals surface area contributed by atoms with Crippen molar-refractivity contribution in [3.05, 3.63) is 89.6 Å². The first kappa shape index (κ1) is 24.1. The van der Waals surface area contributed by atoms with Crippen molar-refractivity contribution in [2.45, 2.75) is 25.6 Å². The minimum atomic E-state index is -4.45. The number of carbonyl (C=O) groups excluding carboxylic acids is 2. The van der Waals surface area contributed by atoms with E-state index in [4.69, 9.17) is 0 Å². The van der Waals surface area contributed by atoms with E-state index in [9.17, 15) is 27.9 Å². The SMILES string of the molecule is CC(CO)n1cc(C(=O)c2cncc(NC(=O)Cc3ccc(C(F)(F)F)cc3)c2)c2cnccc21. The first-order chi connectivity index (χ1) is 16.7. The number of anilines is 1. The molecule has 0 radical (unpaired) electrons. The molecule has 35 heavy (non-hydrogen) atoms. The number of rotatable bonds is 7. The van der Waals surface area contributed by atoms with Gasteiger partial charge in [-0.1, -0.05) is 12.1 Å². The lowest BCUT2D eigenvalue weighted by atomic mass is 10.0. The molecule has 7 nitrogen and oxygen atoms in total. The fourth-order valence-electron chi connectivity index (χ4n) is 3.72. The highest BCUT2D eigenvalue weighted by Crippen LogP contribution is 2.29. The van der Waals surface area contributed by atoms with Crippen molar-refractivity contribution < 1.29 is 27.9 Å². The van der Waals surface area contributed by atoms with E-state index in [-0.39, 0.29) is 36.1 Å². The van der Waals surface area contributed by atoms with Gasteiger partial charge in [-0.15, -0.1) is 0 Å². The van der Waals surface area contributed by atoms with Crippen molar-refractivity contribution in [3.63, 3.8) is 0 Å². The van der Waals surface area contributed by atoms with Crippen LogP contribution in [-0.4, -0.2) is 37.9 Å². The van der Waals surface area contributed by atoms with E-state index in [1.54, 1.807) is 29.2 Å². The first-order valence-electron chi connectivity index (χ1n) is 10.7. The third kappa shape index (κ3) is 5.22. The van der Waals surface area contributed by atoms with E-state index in [2.05, 4.69) is 15.3 Å². The lowest BCUT2D eigenvalue weighted by Crippen LogP contribution is -2.15. The summed E-state index contributed by atoms with van der Waals surface area (Å²) in [5.41, 5.74) is 1.26. The lowest BCUT2D eigenvalue weighted by molar-refractivity contribution is -0.137. The molecular formula is C25H21F3N4O3. The van der Waals surface area contributed by atoms with Gasteiger partial charge in [-0.2, -0.15) is 13.2 Å². The molecule has 0 fully saturated rings. The molecule has 1 aromatic carbocycles. The van der Waals surface area contributed by atoms with Gasteiger partial charge in [-0.25, -0.2) is 0 Å². The predicted octanol–water partition coefficient (Wildman–Crippen LogP) is 4.42. The molecule has 4 rings (SSSR count). The summed E-state index contributed by atoms with van der Waals surface area (Å²) in [7, 11) is 0. The van der Waals surface area contributed by atoms with Gasteiger partial charge in [0.2, 0.25) is 5.91 Å². The number of pyridine rings is 2. The van der Waals surface area contributed by atoms with Crippen LogP contribution in [-0.2, 0) is 17.4 Å². The maximum Gasteiger partial charge on any atom is 0.416 e. The number of aliphatic hydroxyl groups excluding tert-OH is 1. The third-order valence-corrected chi connectivity index (χ3v) is 5.55. The quantitative estimate of drug-likeness (QED) is 0.380. The van der Waals surface area contributed by atoms with E-state index in [0.29, 0.717) is 16.5 Å². The number of benzene rings is 1. The average molecular weight is 482 g/mol. The summed E-state index contributed by atoms with van der Waals surface area (Å²) in [5, 5.41) is 12.8. The number of nitrogens with zero attached hydrogens (tertiary/aromatic N) is 3. The van der Waals surface area contributed by atoms with Crippen LogP contribution in [0, 0.1) is 0 Å². The van der Waals surface area contributed by atoms with E-state index in [0.717, 1.165) is 17.6 Å². The zero-order valence-electron chi connectivity index (χ0n) is 18.6. The number of halogens is 3. The smallest absolute Gasteiger partial charge is 0.394 e. The highest BCUT2D eigenvalue weighted by atomic mass is 19.4. The van der Waals surface area contributed by atoms with Gasteiger partial charge < -0.3 is 15.0 Å². The molecule has 0 aliphatic carbocycles. The number of alkyl halides is 3. The Kier molecular flexibility index (Phi) is 6.65. The Hall–Kier alpha value is -4.05. The normalized spacial score (nSPS) is 12.5. The number of amides is 1. The number of ketones is 1. The summed E-state index contributed by atoms with van der Waals surface area (Å²) in [6, 6.07) is 7.33. The molecule has 3 aromatic heterocycles. The van der Waals surface area contributed by atoms with Crippen LogP contribution in [0.1, 0.15) is 40.0 Å². The Labute approximate surface area is 198 Å². The van der Waals surface area contributed by atoms with Crippen LogP contribution in [0.4, 0.5) is 18.9 Å². The van der Waals surface area contributed by atoms with Gasteiger partial charge in [0.15, 0.2) is 5.78 Å². The largest absolute Gasteiger partial charge is 0.416 e. The van der Waals surface area contributed by atoms with Gasteiger partial charge in [0, 0.05) is 41.3 Å². The lowest BCUT2D eigenvalue weighted by Gasteiger charge is -2.11. The van der Waals surface area contributed by atoms with Gasteiger partial charge in [0.25, 0.3) is 0 Å². The molecule has 0 aliphatic heterocycles. The second-order valence-corrected chi connectivity index (χ2v) is 8.09. The summed E-state index contributed by atoms with van der Waals surface area (Å²) in [4.78, 5) is 33.8. The Bertz CT molecular complexity index is 1380. The van der Waals surface area contributed by atoms with Crippen LogP contribution in [0.5, 0.6) is 0 Å². The maximum atomic E-state index is 13.3. The summed E-state index contributed by atoms with van der Waals surface area (Å²) in [6.07, 6.45) is 3.00. The zero-order valence-corrected chi connectivity index (χ0v) is 18.6. The number of hydrogen-bond acceptors (Lipinski definition) is 5. The third-order valence-electron chi connectivity index (χ3n) is 5.55. The van der Waals surface area contributed by atoms with E-state index < -0.39 is 17.6 Å². The van der Waals surface area contributed by atoms with Crippen molar-refractivity contribution in [1.29, 1.82) is 0 Å². The number of hydrogen-bond donors (Lipinski definition) is 2. The summed E-state index contributed by atoms with van der Waals surface area (Å²) < 4.78 is 39.9. The van der Waals surface area contributed by atoms with E-state index >= 15 is 0 Å². The van der Waals surface area contributed by atoms with E-state index in [1.807, 2.05) is 6.92 Å². The molecule has 2 N–H and O–H groups in total. The molecule has 4 aromatic rings. The molecule has 0 spiro atoms. The topological polar surface area (TPSA) is 97.1 Å². The molecule has 0 saturated carbocycles.